The van der Waals surface area contributed by atoms with Crippen molar-refractivity contribution in [3.63, 3.8) is 0 Å². The van der Waals surface area contributed by atoms with Crippen LogP contribution in [0.15, 0.2) is 53.2 Å². The number of benzene rings is 1. The first-order valence-corrected chi connectivity index (χ1v) is 11.5. The zero-order chi connectivity index (χ0) is 19.4. The lowest BCUT2D eigenvalue weighted by Crippen LogP contribution is -2.00. The Labute approximate surface area is 171 Å². The fourth-order valence-electron chi connectivity index (χ4n) is 3.02. The lowest BCUT2D eigenvalue weighted by molar-refractivity contribution is 0.851. The van der Waals surface area contributed by atoms with Crippen molar-refractivity contribution in [3.05, 3.63) is 58.9 Å². The molecule has 2 aromatic heterocycles. The third kappa shape index (κ3) is 4.56. The summed E-state index contributed by atoms with van der Waals surface area (Å²) < 4.78 is 0.986. The monoisotopic (exact) mass is 441 g/mol. The fourth-order valence-corrected chi connectivity index (χ4v) is 3.84. The van der Waals surface area contributed by atoms with Crippen LogP contribution in [-0.2, 0) is 0 Å². The van der Waals surface area contributed by atoms with Crippen molar-refractivity contribution in [2.45, 2.75) is 27.2 Å². The van der Waals surface area contributed by atoms with Crippen LogP contribution >= 0.6 is 24.5 Å². The molecule has 0 bridgehead atoms. The molecule has 5 heteroatoms. The molecule has 0 saturated carbocycles. The highest BCUT2D eigenvalue weighted by Gasteiger charge is 2.18. The van der Waals surface area contributed by atoms with E-state index in [1.54, 1.807) is 0 Å². The highest BCUT2D eigenvalue weighted by molar-refractivity contribution is 9.10. The summed E-state index contributed by atoms with van der Waals surface area (Å²) in [4.78, 5) is 13.0. The van der Waals surface area contributed by atoms with Crippen LogP contribution in [0.5, 0.6) is 0 Å². The first kappa shape index (κ1) is 20.0. The molecule has 27 heavy (non-hydrogen) atoms. The Bertz CT molecular complexity index is 1000. The van der Waals surface area contributed by atoms with E-state index in [0.717, 1.165) is 44.3 Å². The van der Waals surface area contributed by atoms with Gasteiger partial charge in [0.05, 0.1) is 16.9 Å². The number of hydrogen-bond donors (Lipinski definition) is 1. The molecule has 2 heterocycles. The normalized spacial score (nSPS) is 13.0. The van der Waals surface area contributed by atoms with Crippen LogP contribution in [0.4, 0.5) is 0 Å². The predicted octanol–water partition coefficient (Wildman–Crippen LogP) is 6.33. The van der Waals surface area contributed by atoms with Gasteiger partial charge in [-0.3, -0.25) is 4.98 Å². The molecule has 0 aliphatic rings. The third-order valence-electron chi connectivity index (χ3n) is 4.42. The van der Waals surface area contributed by atoms with Crippen LogP contribution in [0.3, 0.4) is 0 Å². The molecule has 0 radical (unpaired) electrons. The minimum absolute atomic E-state index is 0.387. The van der Waals surface area contributed by atoms with Gasteiger partial charge in [-0.2, -0.15) is 0 Å². The average molecular weight is 442 g/mol. The summed E-state index contributed by atoms with van der Waals surface area (Å²) in [5, 5.41) is 1.11. The first-order valence-electron chi connectivity index (χ1n) is 9.24. The molecule has 0 spiro atoms. The van der Waals surface area contributed by atoms with Crippen molar-refractivity contribution < 1.29 is 0 Å². The second kappa shape index (κ2) is 8.95. The maximum absolute atomic E-state index is 4.93. The molecule has 0 saturated heterocycles. The van der Waals surface area contributed by atoms with E-state index in [2.05, 4.69) is 95.8 Å². The van der Waals surface area contributed by atoms with Gasteiger partial charge in [-0.05, 0) is 58.7 Å². The van der Waals surface area contributed by atoms with Crippen LogP contribution in [0.1, 0.15) is 32.9 Å². The minimum atomic E-state index is 0.387. The molecular weight excluding hydrogens is 417 g/mol. The van der Waals surface area contributed by atoms with E-state index >= 15 is 0 Å². The summed E-state index contributed by atoms with van der Waals surface area (Å²) in [6, 6.07) is 8.49. The van der Waals surface area contributed by atoms with Crippen molar-refractivity contribution in [1.29, 1.82) is 0 Å². The number of imidazole rings is 1. The standard InChI is InChI=1S/C22H25BrN3P/c1-5-6-7-8-18(14(2)3)21-20(25-22(26-21)27-4)15-9-10-19-16(11-15)12-17(23)13-24-19/h6-14,27H,5H2,1-4H3,(H,25,26)/b7-6-,18-8+. The predicted molar refractivity (Wildman–Crippen MR) is 123 cm³/mol. The van der Waals surface area contributed by atoms with Crippen LogP contribution < -0.4 is 5.57 Å². The summed E-state index contributed by atoms with van der Waals surface area (Å²) >= 11 is 3.52. The molecule has 0 aliphatic heterocycles. The summed E-state index contributed by atoms with van der Waals surface area (Å²) in [6.07, 6.45) is 9.39. The van der Waals surface area contributed by atoms with Crippen molar-refractivity contribution >= 4 is 46.6 Å². The molecule has 0 fully saturated rings. The van der Waals surface area contributed by atoms with Gasteiger partial charge in [-0.15, -0.1) is 0 Å². The lowest BCUT2D eigenvalue weighted by atomic mass is 9.95. The molecule has 1 atom stereocenters. The Hall–Kier alpha value is -1.77. The number of aromatic amines is 1. The summed E-state index contributed by atoms with van der Waals surface area (Å²) in [7, 11) is 0.628. The van der Waals surface area contributed by atoms with Crippen molar-refractivity contribution in [3.8, 4) is 11.3 Å². The molecule has 3 nitrogen and oxygen atoms in total. The number of halogens is 1. The smallest absolute Gasteiger partial charge is 0.126 e. The fraction of sp³-hybridized carbons (Fsp3) is 0.273. The van der Waals surface area contributed by atoms with E-state index in [1.165, 1.54) is 5.57 Å². The third-order valence-corrected chi connectivity index (χ3v) is 5.56. The lowest BCUT2D eigenvalue weighted by Gasteiger charge is -2.11. The molecule has 1 aromatic carbocycles. The van der Waals surface area contributed by atoms with Gasteiger partial charge in [-0.1, -0.05) is 53.6 Å². The number of nitrogens with one attached hydrogen (secondary N) is 1. The van der Waals surface area contributed by atoms with E-state index in [-0.39, 0.29) is 0 Å². The molecule has 140 valence electrons. The van der Waals surface area contributed by atoms with Crippen LogP contribution in [0.2, 0.25) is 0 Å². The quantitative estimate of drug-likeness (QED) is 0.358. The Kier molecular flexibility index (Phi) is 6.62. The SMILES string of the molecule is CC/C=C\C=C(\c1nc(PC)[nH]c1-c1ccc2ncc(Br)cc2c1)C(C)C. The zero-order valence-corrected chi connectivity index (χ0v) is 18.8. The number of H-pyrrole nitrogens is 1. The Morgan fingerprint density at radius 2 is 2.11 bits per heavy atom. The Morgan fingerprint density at radius 1 is 1.30 bits per heavy atom. The average Bonchev–Trinajstić information content (AvgIpc) is 3.08. The second-order valence-electron chi connectivity index (χ2n) is 6.73. The van der Waals surface area contributed by atoms with E-state index < -0.39 is 0 Å². The molecule has 1 unspecified atom stereocenters. The van der Waals surface area contributed by atoms with Crippen LogP contribution in [0.25, 0.3) is 27.7 Å². The topological polar surface area (TPSA) is 41.6 Å². The van der Waals surface area contributed by atoms with Crippen LogP contribution in [-0.4, -0.2) is 21.6 Å². The zero-order valence-electron chi connectivity index (χ0n) is 16.2. The van der Waals surface area contributed by atoms with Gasteiger partial charge in [0.15, 0.2) is 0 Å². The first-order chi connectivity index (χ1) is 13.0. The highest BCUT2D eigenvalue weighted by atomic mass is 79.9. The number of nitrogens with zero attached hydrogens (tertiary/aromatic N) is 2. The van der Waals surface area contributed by atoms with E-state index in [4.69, 9.17) is 4.98 Å². The maximum atomic E-state index is 4.93. The van der Waals surface area contributed by atoms with Gasteiger partial charge >= 0.3 is 0 Å². The number of pyridine rings is 1. The maximum Gasteiger partial charge on any atom is 0.126 e. The summed E-state index contributed by atoms with van der Waals surface area (Å²) in [5.74, 6) is 0.387. The summed E-state index contributed by atoms with van der Waals surface area (Å²) in [5.41, 5.74) is 6.57. The van der Waals surface area contributed by atoms with Gasteiger partial charge in [0.25, 0.3) is 0 Å². The van der Waals surface area contributed by atoms with E-state index in [0.29, 0.717) is 14.5 Å². The van der Waals surface area contributed by atoms with Crippen LogP contribution in [0, 0.1) is 5.92 Å². The second-order valence-corrected chi connectivity index (χ2v) is 8.62. The molecule has 3 aromatic rings. The van der Waals surface area contributed by atoms with Gasteiger partial charge < -0.3 is 4.98 Å². The number of allylic oxidation sites excluding steroid dienone is 4. The number of rotatable bonds is 6. The number of fused-ring (bicyclic) bond motifs is 1. The van der Waals surface area contributed by atoms with E-state index in [9.17, 15) is 0 Å². The molecule has 0 aliphatic carbocycles. The van der Waals surface area contributed by atoms with Crippen molar-refractivity contribution in [1.82, 2.24) is 15.0 Å². The van der Waals surface area contributed by atoms with Crippen molar-refractivity contribution in [2.24, 2.45) is 5.92 Å². The van der Waals surface area contributed by atoms with E-state index in [1.807, 2.05) is 6.20 Å². The molecular formula is C22H25BrN3P. The molecule has 1 N–H and O–H groups in total. The molecule has 3 rings (SSSR count). The van der Waals surface area contributed by atoms with Gasteiger partial charge in [-0.25, -0.2) is 4.98 Å². The number of hydrogen-bond acceptors (Lipinski definition) is 2. The van der Waals surface area contributed by atoms with Gasteiger partial charge in [0.2, 0.25) is 0 Å². The van der Waals surface area contributed by atoms with Gasteiger partial charge in [0, 0.05) is 21.6 Å². The van der Waals surface area contributed by atoms with Crippen molar-refractivity contribution in [2.75, 3.05) is 6.66 Å². The Morgan fingerprint density at radius 3 is 2.81 bits per heavy atom. The minimum Gasteiger partial charge on any atom is -0.338 e. The largest absolute Gasteiger partial charge is 0.338 e. The van der Waals surface area contributed by atoms with Gasteiger partial charge in [0.1, 0.15) is 5.57 Å². The highest BCUT2D eigenvalue weighted by Crippen LogP contribution is 2.32. The molecule has 0 amide bonds. The summed E-state index contributed by atoms with van der Waals surface area (Å²) in [6.45, 7) is 8.75. The Balaban J connectivity index is 2.17. The number of aromatic nitrogens is 3.